The molecule has 1 N–H and O–H groups in total. The average Bonchev–Trinajstić information content (AvgIpc) is 2.34. The zero-order valence-corrected chi connectivity index (χ0v) is 6.90. The molecule has 5 heteroatoms. The summed E-state index contributed by atoms with van der Waals surface area (Å²) in [6, 6.07) is 0. The molecule has 0 bridgehead atoms. The van der Waals surface area contributed by atoms with Crippen LogP contribution in [-0.4, -0.2) is 16.8 Å². The van der Waals surface area contributed by atoms with Crippen LogP contribution in [0.2, 0.25) is 0 Å². The molecule has 0 spiro atoms. The van der Waals surface area contributed by atoms with Crippen molar-refractivity contribution < 1.29 is 13.5 Å². The van der Waals surface area contributed by atoms with Gasteiger partial charge in [-0.05, 0) is 13.8 Å². The molecule has 0 aromatic carbocycles. The van der Waals surface area contributed by atoms with E-state index in [-0.39, 0.29) is 11.4 Å². The summed E-state index contributed by atoms with van der Waals surface area (Å²) in [4.78, 5) is 0. The summed E-state index contributed by atoms with van der Waals surface area (Å²) < 4.78 is 29.4. The summed E-state index contributed by atoms with van der Waals surface area (Å²) in [6.07, 6.45) is -2.59. The van der Waals surface area contributed by atoms with Crippen LogP contribution < -0.4 is 4.74 Å². The smallest absolute Gasteiger partial charge is 0.285 e. The first kappa shape index (κ1) is 8.96. The molecule has 0 fully saturated rings. The highest BCUT2D eigenvalue weighted by molar-refractivity contribution is 5.32. The lowest BCUT2D eigenvalue weighted by Gasteiger charge is -2.02. The van der Waals surface area contributed by atoms with E-state index in [1.807, 2.05) is 0 Å². The molecule has 0 amide bonds. The van der Waals surface area contributed by atoms with E-state index >= 15 is 0 Å². The fourth-order valence-corrected chi connectivity index (χ4v) is 0.912. The molecule has 0 unspecified atom stereocenters. The Bertz CT molecular complexity index is 260. The Morgan fingerprint density at radius 3 is 2.75 bits per heavy atom. The number of ether oxygens (including phenoxy) is 1. The number of rotatable bonds is 3. The second-order valence-electron chi connectivity index (χ2n) is 2.30. The fourth-order valence-electron chi connectivity index (χ4n) is 0.912. The first-order valence-corrected chi connectivity index (χ1v) is 3.62. The third kappa shape index (κ3) is 1.54. The van der Waals surface area contributed by atoms with Crippen molar-refractivity contribution in [2.75, 3.05) is 6.61 Å². The van der Waals surface area contributed by atoms with Gasteiger partial charge in [0.25, 0.3) is 6.43 Å². The van der Waals surface area contributed by atoms with Crippen molar-refractivity contribution in [3.05, 3.63) is 11.4 Å². The Kier molecular flexibility index (Phi) is 2.62. The first-order chi connectivity index (χ1) is 5.66. The van der Waals surface area contributed by atoms with Gasteiger partial charge in [0.2, 0.25) is 0 Å². The standard InChI is InChI=1S/C7H10F2N2O/c1-3-12-6-4(2)10-11-5(6)7(8)9/h7H,3H2,1-2H3,(H,10,11). The fraction of sp³-hybridized carbons (Fsp3) is 0.571. The van der Waals surface area contributed by atoms with E-state index in [0.29, 0.717) is 12.3 Å². The van der Waals surface area contributed by atoms with Crippen molar-refractivity contribution in [1.82, 2.24) is 10.2 Å². The normalized spacial score (nSPS) is 10.8. The van der Waals surface area contributed by atoms with E-state index < -0.39 is 6.43 Å². The molecule has 0 aliphatic heterocycles. The number of aromatic amines is 1. The van der Waals surface area contributed by atoms with Gasteiger partial charge < -0.3 is 4.74 Å². The second kappa shape index (κ2) is 3.51. The highest BCUT2D eigenvalue weighted by atomic mass is 19.3. The number of nitrogens with zero attached hydrogens (tertiary/aromatic N) is 1. The minimum absolute atomic E-state index is 0.174. The minimum Gasteiger partial charge on any atom is -0.490 e. The molecule has 1 aromatic rings. The monoisotopic (exact) mass is 176 g/mol. The second-order valence-corrected chi connectivity index (χ2v) is 2.30. The molecule has 0 aliphatic carbocycles. The van der Waals surface area contributed by atoms with Gasteiger partial charge in [-0.25, -0.2) is 8.78 Å². The van der Waals surface area contributed by atoms with Crippen LogP contribution in [-0.2, 0) is 0 Å². The van der Waals surface area contributed by atoms with Crippen LogP contribution in [0.5, 0.6) is 5.75 Å². The van der Waals surface area contributed by atoms with Crippen molar-refractivity contribution in [3.8, 4) is 5.75 Å². The van der Waals surface area contributed by atoms with Crippen molar-refractivity contribution in [3.63, 3.8) is 0 Å². The Morgan fingerprint density at radius 2 is 2.25 bits per heavy atom. The molecule has 0 radical (unpaired) electrons. The van der Waals surface area contributed by atoms with Gasteiger partial charge in [-0.3, -0.25) is 5.10 Å². The number of H-pyrrole nitrogens is 1. The Labute approximate surface area is 68.7 Å². The minimum atomic E-state index is -2.59. The van der Waals surface area contributed by atoms with Gasteiger partial charge in [-0.15, -0.1) is 0 Å². The van der Waals surface area contributed by atoms with Gasteiger partial charge in [-0.2, -0.15) is 5.10 Å². The third-order valence-electron chi connectivity index (χ3n) is 1.41. The lowest BCUT2D eigenvalue weighted by Crippen LogP contribution is -1.96. The molecule has 0 atom stereocenters. The van der Waals surface area contributed by atoms with Gasteiger partial charge in [0, 0.05) is 0 Å². The summed E-state index contributed by atoms with van der Waals surface area (Å²) in [7, 11) is 0. The van der Waals surface area contributed by atoms with Crippen LogP contribution in [0.4, 0.5) is 8.78 Å². The third-order valence-corrected chi connectivity index (χ3v) is 1.41. The summed E-state index contributed by atoms with van der Waals surface area (Å²) in [5.74, 6) is 0.174. The van der Waals surface area contributed by atoms with E-state index in [0.717, 1.165) is 0 Å². The van der Waals surface area contributed by atoms with E-state index in [1.165, 1.54) is 0 Å². The first-order valence-electron chi connectivity index (χ1n) is 3.62. The summed E-state index contributed by atoms with van der Waals surface area (Å²) >= 11 is 0. The molecule has 0 saturated carbocycles. The Morgan fingerprint density at radius 1 is 1.58 bits per heavy atom. The zero-order chi connectivity index (χ0) is 9.14. The number of hydrogen-bond acceptors (Lipinski definition) is 2. The lowest BCUT2D eigenvalue weighted by molar-refractivity contribution is 0.140. The number of aromatic nitrogens is 2. The molecular weight excluding hydrogens is 166 g/mol. The highest BCUT2D eigenvalue weighted by Gasteiger charge is 2.19. The molecule has 1 rings (SSSR count). The van der Waals surface area contributed by atoms with E-state index in [1.54, 1.807) is 13.8 Å². The molecule has 12 heavy (non-hydrogen) atoms. The van der Waals surface area contributed by atoms with Crippen LogP contribution in [0.3, 0.4) is 0 Å². The van der Waals surface area contributed by atoms with Crippen LogP contribution in [0.1, 0.15) is 24.7 Å². The molecule has 0 saturated heterocycles. The number of nitrogens with one attached hydrogen (secondary N) is 1. The van der Waals surface area contributed by atoms with Crippen molar-refractivity contribution >= 4 is 0 Å². The molecule has 1 aromatic heterocycles. The van der Waals surface area contributed by atoms with Crippen LogP contribution in [0.25, 0.3) is 0 Å². The molecule has 1 heterocycles. The number of alkyl halides is 2. The quantitative estimate of drug-likeness (QED) is 0.765. The molecular formula is C7H10F2N2O. The predicted octanol–water partition coefficient (Wildman–Crippen LogP) is 2.05. The number of hydrogen-bond donors (Lipinski definition) is 1. The maximum atomic E-state index is 12.2. The maximum Gasteiger partial charge on any atom is 0.285 e. The summed E-state index contributed by atoms with van der Waals surface area (Å²) in [5, 5.41) is 5.88. The molecule has 68 valence electrons. The van der Waals surface area contributed by atoms with Gasteiger partial charge >= 0.3 is 0 Å². The van der Waals surface area contributed by atoms with E-state index in [9.17, 15) is 8.78 Å². The summed E-state index contributed by atoms with van der Waals surface area (Å²) in [5.41, 5.74) is 0.224. The van der Waals surface area contributed by atoms with Crippen LogP contribution >= 0.6 is 0 Å². The SMILES string of the molecule is CCOc1c(C(F)F)n[nH]c1C. The van der Waals surface area contributed by atoms with Crippen LogP contribution in [0.15, 0.2) is 0 Å². The summed E-state index contributed by atoms with van der Waals surface area (Å²) in [6.45, 7) is 3.74. The van der Waals surface area contributed by atoms with Gasteiger partial charge in [-0.1, -0.05) is 0 Å². The Hall–Kier alpha value is -1.13. The van der Waals surface area contributed by atoms with E-state index in [4.69, 9.17) is 4.74 Å². The largest absolute Gasteiger partial charge is 0.490 e. The molecule has 0 aliphatic rings. The maximum absolute atomic E-state index is 12.2. The Balaban J connectivity index is 2.95. The van der Waals surface area contributed by atoms with Crippen molar-refractivity contribution in [2.24, 2.45) is 0 Å². The van der Waals surface area contributed by atoms with E-state index in [2.05, 4.69) is 10.2 Å². The van der Waals surface area contributed by atoms with Gasteiger partial charge in [0.05, 0.1) is 12.3 Å². The number of aryl methyl sites for hydroxylation is 1. The van der Waals surface area contributed by atoms with Gasteiger partial charge in [0.1, 0.15) is 0 Å². The highest BCUT2D eigenvalue weighted by Crippen LogP contribution is 2.29. The molecule has 3 nitrogen and oxygen atoms in total. The lowest BCUT2D eigenvalue weighted by atomic mass is 10.3. The van der Waals surface area contributed by atoms with Gasteiger partial charge in [0.15, 0.2) is 11.4 Å². The van der Waals surface area contributed by atoms with Crippen molar-refractivity contribution in [2.45, 2.75) is 20.3 Å². The van der Waals surface area contributed by atoms with Crippen molar-refractivity contribution in [1.29, 1.82) is 0 Å². The average molecular weight is 176 g/mol. The van der Waals surface area contributed by atoms with Crippen LogP contribution in [0, 0.1) is 6.92 Å². The zero-order valence-electron chi connectivity index (χ0n) is 6.90. The number of halogens is 2. The predicted molar refractivity (Wildman–Crippen MR) is 39.5 cm³/mol. The topological polar surface area (TPSA) is 37.9 Å².